The third kappa shape index (κ3) is 5.13. The summed E-state index contributed by atoms with van der Waals surface area (Å²) in [6.07, 6.45) is 1.51. The number of aromatic nitrogens is 3. The monoisotopic (exact) mass is 470 g/mol. The summed E-state index contributed by atoms with van der Waals surface area (Å²) in [5.74, 6) is 1.13. The zero-order valence-corrected chi connectivity index (χ0v) is 19.8. The second-order valence-electron chi connectivity index (χ2n) is 8.26. The van der Waals surface area contributed by atoms with E-state index in [0.29, 0.717) is 16.4 Å². The maximum Gasteiger partial charge on any atom is 0.268 e. The quantitative estimate of drug-likeness (QED) is 0.448. The van der Waals surface area contributed by atoms with E-state index in [2.05, 4.69) is 54.3 Å². The Morgan fingerprint density at radius 2 is 1.68 bits per heavy atom. The van der Waals surface area contributed by atoms with E-state index >= 15 is 0 Å². The molecule has 1 amide bonds. The molecule has 0 saturated carbocycles. The Morgan fingerprint density at radius 1 is 0.971 bits per heavy atom. The number of rotatable bonds is 6. The molecule has 1 N–H and O–H groups in total. The van der Waals surface area contributed by atoms with Gasteiger partial charge in [0.15, 0.2) is 0 Å². The second-order valence-corrected chi connectivity index (χ2v) is 9.26. The Balaban J connectivity index is 1.22. The number of aryl methyl sites for hydroxylation is 1. The molecule has 8 heteroatoms. The molecule has 0 radical (unpaired) electrons. The van der Waals surface area contributed by atoms with Gasteiger partial charge in [0.25, 0.3) is 5.91 Å². The van der Waals surface area contributed by atoms with Crippen LogP contribution in [0.5, 0.6) is 0 Å². The molecule has 0 spiro atoms. The van der Waals surface area contributed by atoms with Crippen LogP contribution in [-0.2, 0) is 6.54 Å². The van der Waals surface area contributed by atoms with E-state index in [-0.39, 0.29) is 5.91 Å². The van der Waals surface area contributed by atoms with E-state index in [0.717, 1.165) is 49.1 Å². The lowest BCUT2D eigenvalue weighted by atomic mass is 10.2. The number of carbonyl (C=O) groups excluding carboxylic acids is 1. The number of thiazole rings is 1. The van der Waals surface area contributed by atoms with E-state index < -0.39 is 0 Å². The summed E-state index contributed by atoms with van der Waals surface area (Å²) < 4.78 is 0. The van der Waals surface area contributed by atoms with Crippen LogP contribution in [0, 0.1) is 6.92 Å². The number of nitrogens with zero attached hydrogens (tertiary/aromatic N) is 5. The molecule has 1 aliphatic rings. The van der Waals surface area contributed by atoms with Gasteiger partial charge in [-0.2, -0.15) is 0 Å². The van der Waals surface area contributed by atoms with Gasteiger partial charge in [0, 0.05) is 44.4 Å². The minimum Gasteiger partial charge on any atom is -0.354 e. The van der Waals surface area contributed by atoms with Crippen molar-refractivity contribution in [3.8, 4) is 10.6 Å². The molecule has 0 aliphatic carbocycles. The topological polar surface area (TPSA) is 74.2 Å². The Labute approximate surface area is 203 Å². The summed E-state index contributed by atoms with van der Waals surface area (Å²) >= 11 is 1.39. The molecular weight excluding hydrogens is 444 g/mol. The van der Waals surface area contributed by atoms with Gasteiger partial charge >= 0.3 is 0 Å². The average Bonchev–Trinajstić information content (AvgIpc) is 3.28. The highest BCUT2D eigenvalue weighted by Crippen LogP contribution is 2.28. The van der Waals surface area contributed by atoms with E-state index in [1.807, 2.05) is 49.4 Å². The normalized spacial score (nSPS) is 14.2. The minimum absolute atomic E-state index is 0.200. The van der Waals surface area contributed by atoms with Crippen molar-refractivity contribution in [3.05, 3.63) is 89.2 Å². The molecule has 1 fully saturated rings. The van der Waals surface area contributed by atoms with Gasteiger partial charge < -0.3 is 10.2 Å². The summed E-state index contributed by atoms with van der Waals surface area (Å²) in [7, 11) is 0. The fourth-order valence-corrected chi connectivity index (χ4v) is 5.02. The molecule has 172 valence electrons. The maximum atomic E-state index is 13.0. The molecule has 1 aliphatic heterocycles. The standard InChI is InChI=1S/C26H26N6OS/c1-19-24(34-26(29-19)21-10-6-3-7-11-21)25(33)30-22-16-23(28-18-27-22)32-14-12-31(13-15-32)17-20-8-4-2-5-9-20/h2-11,16,18H,12-15,17H2,1H3,(H,27,28,30,33). The van der Waals surface area contributed by atoms with E-state index in [4.69, 9.17) is 0 Å². The predicted octanol–water partition coefficient (Wildman–Crippen LogP) is 4.48. The number of hydrogen-bond donors (Lipinski definition) is 1. The molecule has 4 aromatic rings. The van der Waals surface area contributed by atoms with Crippen molar-refractivity contribution in [2.24, 2.45) is 0 Å². The summed E-state index contributed by atoms with van der Waals surface area (Å²) in [4.78, 5) is 31.5. The van der Waals surface area contributed by atoms with Gasteiger partial charge in [0.1, 0.15) is 27.8 Å². The van der Waals surface area contributed by atoms with Crippen LogP contribution in [0.15, 0.2) is 73.1 Å². The number of anilines is 2. The van der Waals surface area contributed by atoms with Crippen LogP contribution in [-0.4, -0.2) is 51.9 Å². The lowest BCUT2D eigenvalue weighted by Gasteiger charge is -2.35. The third-order valence-electron chi connectivity index (χ3n) is 5.86. The fourth-order valence-electron chi connectivity index (χ4n) is 4.05. The summed E-state index contributed by atoms with van der Waals surface area (Å²) in [5, 5.41) is 3.76. The highest BCUT2D eigenvalue weighted by molar-refractivity contribution is 7.17. The van der Waals surface area contributed by atoms with Gasteiger partial charge in [0.05, 0.1) is 5.69 Å². The maximum absolute atomic E-state index is 13.0. The van der Waals surface area contributed by atoms with Crippen molar-refractivity contribution in [1.82, 2.24) is 19.9 Å². The first-order valence-corrected chi connectivity index (χ1v) is 12.1. The molecular formula is C26H26N6OS. The molecule has 34 heavy (non-hydrogen) atoms. The van der Waals surface area contributed by atoms with Crippen molar-refractivity contribution in [1.29, 1.82) is 0 Å². The smallest absolute Gasteiger partial charge is 0.268 e. The van der Waals surface area contributed by atoms with Gasteiger partial charge in [-0.05, 0) is 12.5 Å². The van der Waals surface area contributed by atoms with E-state index in [1.165, 1.54) is 23.2 Å². The molecule has 0 bridgehead atoms. The Hall–Kier alpha value is -3.62. The molecule has 2 aromatic carbocycles. The summed E-state index contributed by atoms with van der Waals surface area (Å²) in [6.45, 7) is 6.50. The van der Waals surface area contributed by atoms with Gasteiger partial charge in [0.2, 0.25) is 0 Å². The van der Waals surface area contributed by atoms with Crippen LogP contribution in [0.4, 0.5) is 11.6 Å². The second kappa shape index (κ2) is 10.1. The largest absolute Gasteiger partial charge is 0.354 e. The minimum atomic E-state index is -0.200. The number of amides is 1. The molecule has 1 saturated heterocycles. The van der Waals surface area contributed by atoms with Crippen molar-refractivity contribution in [2.75, 3.05) is 36.4 Å². The highest BCUT2D eigenvalue weighted by Gasteiger charge is 2.20. The molecule has 2 aromatic heterocycles. The number of carbonyl (C=O) groups is 1. The number of benzene rings is 2. The molecule has 0 atom stereocenters. The van der Waals surface area contributed by atoms with Crippen LogP contribution in [0.1, 0.15) is 20.9 Å². The zero-order valence-electron chi connectivity index (χ0n) is 19.0. The first kappa shape index (κ1) is 22.2. The third-order valence-corrected chi connectivity index (χ3v) is 7.07. The molecule has 5 rings (SSSR count). The predicted molar refractivity (Wildman–Crippen MR) is 136 cm³/mol. The zero-order chi connectivity index (χ0) is 23.3. The van der Waals surface area contributed by atoms with Gasteiger partial charge in [-0.3, -0.25) is 9.69 Å². The van der Waals surface area contributed by atoms with Crippen molar-refractivity contribution in [2.45, 2.75) is 13.5 Å². The van der Waals surface area contributed by atoms with Crippen molar-refractivity contribution >= 4 is 28.9 Å². The van der Waals surface area contributed by atoms with Crippen LogP contribution in [0.2, 0.25) is 0 Å². The Bertz CT molecular complexity index is 1250. The van der Waals surface area contributed by atoms with Gasteiger partial charge in [-0.25, -0.2) is 15.0 Å². The number of hydrogen-bond acceptors (Lipinski definition) is 7. The van der Waals surface area contributed by atoms with Crippen molar-refractivity contribution < 1.29 is 4.79 Å². The number of nitrogens with one attached hydrogen (secondary N) is 1. The summed E-state index contributed by atoms with van der Waals surface area (Å²) in [6, 6.07) is 22.3. The molecule has 7 nitrogen and oxygen atoms in total. The SMILES string of the molecule is Cc1nc(-c2ccccc2)sc1C(=O)Nc1cc(N2CCN(Cc3ccccc3)CC2)ncn1. The van der Waals surface area contributed by atoms with E-state index in [1.54, 1.807) is 0 Å². The Kier molecular flexibility index (Phi) is 6.60. The number of piperazine rings is 1. The first-order chi connectivity index (χ1) is 16.7. The molecule has 0 unspecified atom stereocenters. The van der Waals surface area contributed by atoms with Crippen LogP contribution < -0.4 is 10.2 Å². The highest BCUT2D eigenvalue weighted by atomic mass is 32.1. The summed E-state index contributed by atoms with van der Waals surface area (Å²) in [5.41, 5.74) is 3.05. The fraction of sp³-hybridized carbons (Fsp3) is 0.231. The van der Waals surface area contributed by atoms with Gasteiger partial charge in [-0.1, -0.05) is 60.7 Å². The van der Waals surface area contributed by atoms with Crippen LogP contribution >= 0.6 is 11.3 Å². The van der Waals surface area contributed by atoms with Crippen LogP contribution in [0.3, 0.4) is 0 Å². The van der Waals surface area contributed by atoms with E-state index in [9.17, 15) is 4.79 Å². The lowest BCUT2D eigenvalue weighted by molar-refractivity contribution is 0.102. The van der Waals surface area contributed by atoms with Crippen molar-refractivity contribution in [3.63, 3.8) is 0 Å². The van der Waals surface area contributed by atoms with Gasteiger partial charge in [-0.15, -0.1) is 11.3 Å². The lowest BCUT2D eigenvalue weighted by Crippen LogP contribution is -2.46. The first-order valence-electron chi connectivity index (χ1n) is 11.3. The van der Waals surface area contributed by atoms with Crippen LogP contribution in [0.25, 0.3) is 10.6 Å². The molecule has 3 heterocycles. The average molecular weight is 471 g/mol. The Morgan fingerprint density at radius 3 is 2.41 bits per heavy atom.